The minimum absolute atomic E-state index is 0.574. The molecule has 1 aromatic heterocycles. The quantitative estimate of drug-likeness (QED) is 0.524. The number of aromatic nitrogens is 1. The number of benzene rings is 2. The van der Waals surface area contributed by atoms with Crippen LogP contribution in [0.4, 0.5) is 13.2 Å². The van der Waals surface area contributed by atoms with Crippen molar-refractivity contribution in [2.24, 2.45) is 0 Å². The first-order valence-corrected chi connectivity index (χ1v) is 11.2. The number of hydrogen-bond acceptors (Lipinski definition) is 3. The smallest absolute Gasteiger partial charge is 0.304 e. The Morgan fingerprint density at radius 1 is 0.879 bits per heavy atom. The zero-order valence-electron chi connectivity index (χ0n) is 18.6. The predicted molar refractivity (Wildman–Crippen MR) is 125 cm³/mol. The van der Waals surface area contributed by atoms with Crippen LogP contribution in [-0.2, 0) is 19.1 Å². The van der Waals surface area contributed by atoms with E-state index in [9.17, 15) is 13.2 Å². The third-order valence-corrected chi connectivity index (χ3v) is 6.55. The Labute approximate surface area is 192 Å². The van der Waals surface area contributed by atoms with Crippen LogP contribution in [0, 0.1) is 0 Å². The largest absolute Gasteiger partial charge is 0.416 e. The Morgan fingerprint density at radius 2 is 1.64 bits per heavy atom. The van der Waals surface area contributed by atoms with Gasteiger partial charge in [0.2, 0.25) is 0 Å². The maximum Gasteiger partial charge on any atom is 0.416 e. The molecule has 2 aromatic carbocycles. The molecule has 5 rings (SSSR count). The second kappa shape index (κ2) is 8.76. The molecule has 33 heavy (non-hydrogen) atoms. The van der Waals surface area contributed by atoms with Crippen LogP contribution in [-0.4, -0.2) is 48.0 Å². The van der Waals surface area contributed by atoms with Gasteiger partial charge in [0, 0.05) is 56.5 Å². The van der Waals surface area contributed by atoms with Gasteiger partial charge in [0.05, 0.1) is 11.3 Å². The molecule has 2 aliphatic rings. The number of fused-ring (bicyclic) bond motifs is 1. The van der Waals surface area contributed by atoms with Crippen LogP contribution < -0.4 is 0 Å². The number of allylic oxidation sites excluding steroid dienone is 1. The lowest BCUT2D eigenvalue weighted by atomic mass is 9.96. The fourth-order valence-corrected chi connectivity index (χ4v) is 4.56. The van der Waals surface area contributed by atoms with Crippen LogP contribution in [0.5, 0.6) is 0 Å². The molecule has 1 fully saturated rings. The van der Waals surface area contributed by atoms with Crippen molar-refractivity contribution in [1.29, 1.82) is 0 Å². The van der Waals surface area contributed by atoms with Crippen molar-refractivity contribution in [2.45, 2.75) is 19.1 Å². The molecule has 1 aliphatic carbocycles. The summed E-state index contributed by atoms with van der Waals surface area (Å²) in [4.78, 5) is 9.44. The Bertz CT molecular complexity index is 1170. The Morgan fingerprint density at radius 3 is 2.36 bits per heavy atom. The van der Waals surface area contributed by atoms with E-state index in [1.165, 1.54) is 17.7 Å². The van der Waals surface area contributed by atoms with E-state index in [1.807, 2.05) is 12.3 Å². The number of alkyl halides is 3. The van der Waals surface area contributed by atoms with Crippen molar-refractivity contribution in [1.82, 2.24) is 14.8 Å². The van der Waals surface area contributed by atoms with E-state index in [0.29, 0.717) is 12.0 Å². The molecule has 1 saturated heterocycles. The summed E-state index contributed by atoms with van der Waals surface area (Å²) < 4.78 is 39.6. The first-order chi connectivity index (χ1) is 15.9. The van der Waals surface area contributed by atoms with E-state index in [-0.39, 0.29) is 0 Å². The number of halogens is 3. The van der Waals surface area contributed by atoms with Crippen molar-refractivity contribution >= 4 is 5.57 Å². The van der Waals surface area contributed by atoms with Gasteiger partial charge in [-0.15, -0.1) is 0 Å². The SMILES string of the molecule is CN1CCN(Cc2ccc(-c3cnc4c(c3)C(c3cccc(C(F)(F)F)c3)=CC4)cc2)CC1. The van der Waals surface area contributed by atoms with E-state index < -0.39 is 11.7 Å². The van der Waals surface area contributed by atoms with Gasteiger partial charge >= 0.3 is 6.18 Å². The highest BCUT2D eigenvalue weighted by Crippen LogP contribution is 2.37. The van der Waals surface area contributed by atoms with Crippen molar-refractivity contribution in [3.63, 3.8) is 0 Å². The summed E-state index contributed by atoms with van der Waals surface area (Å²) >= 11 is 0. The molecule has 0 N–H and O–H groups in total. The lowest BCUT2D eigenvalue weighted by molar-refractivity contribution is -0.137. The van der Waals surface area contributed by atoms with Gasteiger partial charge in [0.15, 0.2) is 0 Å². The third kappa shape index (κ3) is 4.72. The summed E-state index contributed by atoms with van der Waals surface area (Å²) in [5, 5.41) is 0. The number of nitrogens with zero attached hydrogens (tertiary/aromatic N) is 3. The first-order valence-electron chi connectivity index (χ1n) is 11.2. The fourth-order valence-electron chi connectivity index (χ4n) is 4.56. The molecule has 0 unspecified atom stereocenters. The van der Waals surface area contributed by atoms with Crippen molar-refractivity contribution in [2.75, 3.05) is 33.2 Å². The summed E-state index contributed by atoms with van der Waals surface area (Å²) in [6.07, 6.45) is 0.0996. The Hall–Kier alpha value is -2.96. The normalized spacial score (nSPS) is 17.2. The highest BCUT2D eigenvalue weighted by Gasteiger charge is 2.31. The fraction of sp³-hybridized carbons (Fsp3) is 0.296. The van der Waals surface area contributed by atoms with Crippen LogP contribution >= 0.6 is 0 Å². The second-order valence-electron chi connectivity index (χ2n) is 8.90. The van der Waals surface area contributed by atoms with E-state index >= 15 is 0 Å². The average Bonchev–Trinajstić information content (AvgIpc) is 3.24. The van der Waals surface area contributed by atoms with Crippen LogP contribution in [0.25, 0.3) is 16.7 Å². The lowest BCUT2D eigenvalue weighted by Gasteiger charge is -2.32. The molecule has 0 saturated carbocycles. The molecule has 0 atom stereocenters. The van der Waals surface area contributed by atoms with Crippen molar-refractivity contribution in [3.05, 3.63) is 94.8 Å². The van der Waals surface area contributed by atoms with Gasteiger partial charge in [0.25, 0.3) is 0 Å². The average molecular weight is 450 g/mol. The molecule has 6 heteroatoms. The monoisotopic (exact) mass is 449 g/mol. The molecule has 3 nitrogen and oxygen atoms in total. The van der Waals surface area contributed by atoms with Gasteiger partial charge in [-0.25, -0.2) is 0 Å². The summed E-state index contributed by atoms with van der Waals surface area (Å²) in [5.41, 5.74) is 5.88. The maximum absolute atomic E-state index is 13.2. The van der Waals surface area contributed by atoms with E-state index in [0.717, 1.165) is 66.7 Å². The summed E-state index contributed by atoms with van der Waals surface area (Å²) in [5.74, 6) is 0. The van der Waals surface area contributed by atoms with Gasteiger partial charge in [-0.1, -0.05) is 42.5 Å². The molecule has 0 spiro atoms. The van der Waals surface area contributed by atoms with E-state index in [1.54, 1.807) is 6.07 Å². The van der Waals surface area contributed by atoms with E-state index in [4.69, 9.17) is 0 Å². The Balaban J connectivity index is 1.36. The zero-order valence-corrected chi connectivity index (χ0v) is 18.6. The number of hydrogen-bond donors (Lipinski definition) is 0. The van der Waals surface area contributed by atoms with Gasteiger partial charge in [-0.05, 0) is 47.5 Å². The predicted octanol–water partition coefficient (Wildman–Crippen LogP) is 5.50. The zero-order chi connectivity index (χ0) is 23.0. The summed E-state index contributed by atoms with van der Waals surface area (Å²) in [6, 6.07) is 16.1. The highest BCUT2D eigenvalue weighted by molar-refractivity contribution is 5.86. The van der Waals surface area contributed by atoms with Crippen LogP contribution in [0.1, 0.15) is 27.9 Å². The maximum atomic E-state index is 13.2. The minimum Gasteiger partial charge on any atom is -0.304 e. The van der Waals surface area contributed by atoms with Gasteiger partial charge in [-0.3, -0.25) is 9.88 Å². The number of pyridine rings is 1. The molecule has 0 amide bonds. The Kier molecular flexibility index (Phi) is 5.81. The molecule has 3 aromatic rings. The third-order valence-electron chi connectivity index (χ3n) is 6.55. The van der Waals surface area contributed by atoms with Crippen molar-refractivity contribution in [3.8, 4) is 11.1 Å². The summed E-state index contributed by atoms with van der Waals surface area (Å²) in [7, 11) is 2.16. The minimum atomic E-state index is -4.36. The first kappa shape index (κ1) is 21.9. The topological polar surface area (TPSA) is 19.4 Å². The standard InChI is InChI=1S/C27H26F3N3/c1-32-11-13-33(14-12-32)18-19-5-7-20(8-6-19)22-16-25-24(9-10-26(25)31-17-22)21-3-2-4-23(15-21)27(28,29)30/h2-9,15-17H,10-14,18H2,1H3. The molecule has 0 radical (unpaired) electrons. The second-order valence-corrected chi connectivity index (χ2v) is 8.90. The number of likely N-dealkylation sites (N-methyl/N-ethyl adjacent to an activating group) is 1. The highest BCUT2D eigenvalue weighted by atomic mass is 19.4. The van der Waals surface area contributed by atoms with Gasteiger partial charge < -0.3 is 4.90 Å². The number of rotatable bonds is 4. The molecule has 0 bridgehead atoms. The molecular weight excluding hydrogens is 423 g/mol. The molecule has 2 heterocycles. The molecule has 1 aliphatic heterocycles. The number of piperazine rings is 1. The van der Waals surface area contributed by atoms with E-state index in [2.05, 4.69) is 52.2 Å². The van der Waals surface area contributed by atoms with Crippen LogP contribution in [0.15, 0.2) is 66.9 Å². The lowest BCUT2D eigenvalue weighted by Crippen LogP contribution is -2.43. The summed E-state index contributed by atoms with van der Waals surface area (Å²) in [6.45, 7) is 5.30. The van der Waals surface area contributed by atoms with Gasteiger partial charge in [0.1, 0.15) is 0 Å². The van der Waals surface area contributed by atoms with Crippen LogP contribution in [0.3, 0.4) is 0 Å². The van der Waals surface area contributed by atoms with Gasteiger partial charge in [-0.2, -0.15) is 13.2 Å². The van der Waals surface area contributed by atoms with Crippen molar-refractivity contribution < 1.29 is 13.2 Å². The molecule has 170 valence electrons. The molecular formula is C27H26F3N3. The van der Waals surface area contributed by atoms with Crippen LogP contribution in [0.2, 0.25) is 0 Å².